The molecule has 0 heterocycles. The van der Waals surface area contributed by atoms with E-state index in [-0.39, 0.29) is 0 Å². The first-order chi connectivity index (χ1) is 11.2. The van der Waals surface area contributed by atoms with Gasteiger partial charge in [-0.2, -0.15) is 0 Å². The largest absolute Gasteiger partial charge is 0.289 e. The van der Waals surface area contributed by atoms with Crippen molar-refractivity contribution >= 4 is 28.7 Å². The van der Waals surface area contributed by atoms with E-state index in [0.29, 0.717) is 5.56 Å². The van der Waals surface area contributed by atoms with Gasteiger partial charge in [-0.15, -0.1) is 0 Å². The van der Waals surface area contributed by atoms with E-state index in [0.717, 1.165) is 16.3 Å². The van der Waals surface area contributed by atoms with E-state index in [1.54, 1.807) is 30.3 Å². The maximum atomic E-state index is 11.9. The molecule has 3 nitrogen and oxygen atoms in total. The lowest BCUT2D eigenvalue weighted by molar-refractivity contribution is -0.115. The van der Waals surface area contributed by atoms with Crippen LogP contribution in [0.2, 0.25) is 0 Å². The highest BCUT2D eigenvalue weighted by atomic mass is 16.2. The predicted molar refractivity (Wildman–Crippen MR) is 91.9 cm³/mol. The highest BCUT2D eigenvalue weighted by Crippen LogP contribution is 2.19. The average Bonchev–Trinajstić information content (AvgIpc) is 2.60. The Labute approximate surface area is 134 Å². The molecule has 23 heavy (non-hydrogen) atoms. The maximum absolute atomic E-state index is 11.9. The molecule has 0 unspecified atom stereocenters. The van der Waals surface area contributed by atoms with Crippen molar-refractivity contribution in [2.45, 2.75) is 0 Å². The lowest BCUT2D eigenvalue weighted by Crippen LogP contribution is -2.28. The zero-order valence-electron chi connectivity index (χ0n) is 12.4. The molecule has 3 aromatic carbocycles. The molecule has 0 aliphatic rings. The minimum absolute atomic E-state index is 0.404. The van der Waals surface area contributed by atoms with Crippen molar-refractivity contribution in [2.75, 3.05) is 0 Å². The summed E-state index contributed by atoms with van der Waals surface area (Å²) < 4.78 is 0. The Kier molecular flexibility index (Phi) is 4.29. The van der Waals surface area contributed by atoms with Gasteiger partial charge in [0.25, 0.3) is 11.8 Å². The number of hydrogen-bond donors (Lipinski definition) is 1. The molecule has 3 heteroatoms. The second-order valence-corrected chi connectivity index (χ2v) is 5.09. The number of amides is 2. The topological polar surface area (TPSA) is 46.2 Å². The molecule has 0 saturated heterocycles. The average molecular weight is 301 g/mol. The first kappa shape index (κ1) is 14.7. The van der Waals surface area contributed by atoms with Gasteiger partial charge in [0.1, 0.15) is 0 Å². The molecule has 0 atom stereocenters. The third-order valence-corrected chi connectivity index (χ3v) is 3.51. The van der Waals surface area contributed by atoms with E-state index in [1.807, 2.05) is 48.5 Å². The lowest BCUT2D eigenvalue weighted by atomic mass is 10.0. The summed E-state index contributed by atoms with van der Waals surface area (Å²) in [5.74, 6) is -0.843. The van der Waals surface area contributed by atoms with Gasteiger partial charge in [-0.05, 0) is 34.5 Å². The number of fused-ring (bicyclic) bond motifs is 1. The van der Waals surface area contributed by atoms with Crippen LogP contribution in [-0.4, -0.2) is 11.8 Å². The number of hydrogen-bond acceptors (Lipinski definition) is 2. The summed E-state index contributed by atoms with van der Waals surface area (Å²) in [7, 11) is 0. The number of benzene rings is 3. The van der Waals surface area contributed by atoms with Gasteiger partial charge >= 0.3 is 0 Å². The fraction of sp³-hybridized carbons (Fsp3) is 0. The second kappa shape index (κ2) is 6.71. The molecule has 0 aliphatic heterocycles. The van der Waals surface area contributed by atoms with E-state index < -0.39 is 11.8 Å². The Bertz CT molecular complexity index is 877. The van der Waals surface area contributed by atoms with Crippen LogP contribution in [0.1, 0.15) is 15.9 Å². The van der Waals surface area contributed by atoms with Crippen LogP contribution in [0, 0.1) is 0 Å². The molecule has 3 aromatic rings. The van der Waals surface area contributed by atoms with Crippen molar-refractivity contribution in [3.63, 3.8) is 0 Å². The highest BCUT2D eigenvalue weighted by molar-refractivity contribution is 6.09. The van der Waals surface area contributed by atoms with Gasteiger partial charge in [0.15, 0.2) is 0 Å². The molecule has 0 saturated carbocycles. The van der Waals surface area contributed by atoms with E-state index in [1.165, 1.54) is 6.08 Å². The van der Waals surface area contributed by atoms with Gasteiger partial charge in [0, 0.05) is 11.6 Å². The normalized spacial score (nSPS) is 10.8. The minimum atomic E-state index is -0.438. The van der Waals surface area contributed by atoms with E-state index in [2.05, 4.69) is 5.32 Å². The van der Waals surface area contributed by atoms with E-state index in [4.69, 9.17) is 0 Å². The van der Waals surface area contributed by atoms with Crippen LogP contribution in [0.3, 0.4) is 0 Å². The lowest BCUT2D eigenvalue weighted by Gasteiger charge is -2.02. The smallest absolute Gasteiger partial charge is 0.258 e. The van der Waals surface area contributed by atoms with E-state index in [9.17, 15) is 9.59 Å². The van der Waals surface area contributed by atoms with Crippen molar-refractivity contribution in [3.05, 3.63) is 90.0 Å². The zero-order valence-corrected chi connectivity index (χ0v) is 12.4. The quantitative estimate of drug-likeness (QED) is 0.748. The van der Waals surface area contributed by atoms with Crippen molar-refractivity contribution < 1.29 is 9.59 Å². The standard InChI is InChI=1S/C20H15NO2/c22-19(21-20(23)17-8-2-1-3-9-17)14-13-16-11-6-10-15-7-4-5-12-18(15)16/h1-14H,(H,21,22,23)/b14-13+. The molecular formula is C20H15NO2. The van der Waals surface area contributed by atoms with Crippen LogP contribution in [0.4, 0.5) is 0 Å². The van der Waals surface area contributed by atoms with Gasteiger partial charge in [0.05, 0.1) is 0 Å². The first-order valence-corrected chi connectivity index (χ1v) is 7.30. The van der Waals surface area contributed by atoms with Gasteiger partial charge in [-0.3, -0.25) is 14.9 Å². The maximum Gasteiger partial charge on any atom is 0.258 e. The first-order valence-electron chi connectivity index (χ1n) is 7.30. The van der Waals surface area contributed by atoms with Crippen molar-refractivity contribution in [2.24, 2.45) is 0 Å². The molecular weight excluding hydrogens is 286 g/mol. The van der Waals surface area contributed by atoms with Crippen LogP contribution in [0.25, 0.3) is 16.8 Å². The molecule has 0 aromatic heterocycles. The number of carbonyl (C=O) groups excluding carboxylic acids is 2. The van der Waals surface area contributed by atoms with Gasteiger partial charge < -0.3 is 0 Å². The predicted octanol–water partition coefficient (Wildman–Crippen LogP) is 3.81. The second-order valence-electron chi connectivity index (χ2n) is 5.09. The third-order valence-electron chi connectivity index (χ3n) is 3.51. The van der Waals surface area contributed by atoms with Gasteiger partial charge in [-0.25, -0.2) is 0 Å². The Morgan fingerprint density at radius 1 is 0.783 bits per heavy atom. The Morgan fingerprint density at radius 2 is 1.48 bits per heavy atom. The zero-order chi connectivity index (χ0) is 16.1. The van der Waals surface area contributed by atoms with E-state index >= 15 is 0 Å². The monoisotopic (exact) mass is 301 g/mol. The van der Waals surface area contributed by atoms with Crippen molar-refractivity contribution in [1.29, 1.82) is 0 Å². The van der Waals surface area contributed by atoms with Crippen molar-refractivity contribution in [1.82, 2.24) is 5.32 Å². The number of rotatable bonds is 3. The van der Waals surface area contributed by atoms with Crippen LogP contribution < -0.4 is 5.32 Å². The van der Waals surface area contributed by atoms with Crippen LogP contribution in [-0.2, 0) is 4.79 Å². The summed E-state index contributed by atoms with van der Waals surface area (Å²) >= 11 is 0. The molecule has 2 amide bonds. The molecule has 0 spiro atoms. The highest BCUT2D eigenvalue weighted by Gasteiger charge is 2.07. The summed E-state index contributed by atoms with van der Waals surface area (Å²) in [6, 6.07) is 22.5. The number of carbonyl (C=O) groups is 2. The molecule has 0 bridgehead atoms. The number of nitrogens with one attached hydrogen (secondary N) is 1. The molecule has 0 fully saturated rings. The summed E-state index contributed by atoms with van der Waals surface area (Å²) in [5.41, 5.74) is 1.39. The summed E-state index contributed by atoms with van der Waals surface area (Å²) in [6.45, 7) is 0. The summed E-state index contributed by atoms with van der Waals surface area (Å²) in [6.07, 6.45) is 3.10. The Morgan fingerprint density at radius 3 is 2.30 bits per heavy atom. The number of imide groups is 1. The Balaban J connectivity index is 1.74. The molecule has 0 aliphatic carbocycles. The van der Waals surface area contributed by atoms with Gasteiger partial charge in [0.2, 0.25) is 0 Å². The summed E-state index contributed by atoms with van der Waals surface area (Å²) in [4.78, 5) is 23.8. The van der Waals surface area contributed by atoms with Crippen LogP contribution >= 0.6 is 0 Å². The minimum Gasteiger partial charge on any atom is -0.289 e. The van der Waals surface area contributed by atoms with Crippen LogP contribution in [0.5, 0.6) is 0 Å². The fourth-order valence-corrected chi connectivity index (χ4v) is 2.38. The molecule has 0 radical (unpaired) electrons. The fourth-order valence-electron chi connectivity index (χ4n) is 2.38. The van der Waals surface area contributed by atoms with Crippen molar-refractivity contribution in [3.8, 4) is 0 Å². The Hall–Kier alpha value is -3.20. The SMILES string of the molecule is O=C(/C=C/c1cccc2ccccc12)NC(=O)c1ccccc1. The molecule has 1 N–H and O–H groups in total. The summed E-state index contributed by atoms with van der Waals surface area (Å²) in [5, 5.41) is 4.52. The van der Waals surface area contributed by atoms with Gasteiger partial charge in [-0.1, -0.05) is 60.7 Å². The molecule has 3 rings (SSSR count). The van der Waals surface area contributed by atoms with Crippen LogP contribution in [0.15, 0.2) is 78.9 Å². The molecule has 112 valence electrons. The third kappa shape index (κ3) is 3.52.